The molecule has 0 aliphatic carbocycles. The third-order valence-corrected chi connectivity index (χ3v) is 4.34. The zero-order chi connectivity index (χ0) is 14.6. The molecule has 0 bridgehead atoms. The van der Waals surface area contributed by atoms with E-state index in [0.29, 0.717) is 17.9 Å². The van der Waals surface area contributed by atoms with Crippen LogP contribution in [0, 0.1) is 0 Å². The van der Waals surface area contributed by atoms with Gasteiger partial charge in [0.2, 0.25) is 10.0 Å². The van der Waals surface area contributed by atoms with E-state index in [1.807, 2.05) is 12.1 Å². The first kappa shape index (κ1) is 14.8. The molecule has 3 N–H and O–H groups in total. The Morgan fingerprint density at radius 3 is 2.65 bits per heavy atom. The summed E-state index contributed by atoms with van der Waals surface area (Å²) in [5, 5.41) is 0. The zero-order valence-corrected chi connectivity index (χ0v) is 12.1. The zero-order valence-electron chi connectivity index (χ0n) is 11.2. The quantitative estimate of drug-likeness (QED) is 0.852. The van der Waals surface area contributed by atoms with Crippen molar-refractivity contribution in [1.82, 2.24) is 4.72 Å². The van der Waals surface area contributed by atoms with Gasteiger partial charge in [0.25, 0.3) is 0 Å². The molecule has 0 aliphatic heterocycles. The molecule has 0 amide bonds. The van der Waals surface area contributed by atoms with Crippen LogP contribution in [0.3, 0.4) is 0 Å². The maximum absolute atomic E-state index is 12.1. The fourth-order valence-electron chi connectivity index (χ4n) is 1.97. The Bertz CT molecular complexity index is 651. The van der Waals surface area contributed by atoms with Gasteiger partial charge in [0.1, 0.15) is 5.76 Å². The molecule has 2 aromatic rings. The Balaban J connectivity index is 2.07. The number of nitrogens with one attached hydrogen (secondary N) is 1. The van der Waals surface area contributed by atoms with Crippen molar-refractivity contribution >= 4 is 10.0 Å². The summed E-state index contributed by atoms with van der Waals surface area (Å²) < 4.78 is 32.0. The number of hydrogen-bond acceptors (Lipinski definition) is 4. The molecule has 108 valence electrons. The lowest BCUT2D eigenvalue weighted by Gasteiger charge is -2.12. The fraction of sp³-hybridized carbons (Fsp3) is 0.286. The molecule has 0 saturated carbocycles. The molecule has 1 aromatic carbocycles. The van der Waals surface area contributed by atoms with Gasteiger partial charge in [-0.2, -0.15) is 0 Å². The third-order valence-electron chi connectivity index (χ3n) is 2.91. The van der Waals surface area contributed by atoms with Crippen molar-refractivity contribution < 1.29 is 12.8 Å². The smallest absolute Gasteiger partial charge is 0.216 e. The molecule has 0 spiro atoms. The first-order valence-corrected chi connectivity index (χ1v) is 7.96. The summed E-state index contributed by atoms with van der Waals surface area (Å²) in [6.07, 6.45) is 1.52. The predicted octanol–water partition coefficient (Wildman–Crippen LogP) is 1.92. The minimum absolute atomic E-state index is 0.0775. The van der Waals surface area contributed by atoms with Crippen LogP contribution >= 0.6 is 0 Å². The number of sulfonamides is 1. The lowest BCUT2D eigenvalue weighted by molar-refractivity contribution is 0.459. The maximum Gasteiger partial charge on any atom is 0.216 e. The number of furan rings is 1. The number of rotatable bonds is 6. The molecular weight excluding hydrogens is 276 g/mol. The summed E-state index contributed by atoms with van der Waals surface area (Å²) in [5.41, 5.74) is 7.18. The molecule has 6 heteroatoms. The summed E-state index contributed by atoms with van der Waals surface area (Å²) in [7, 11) is -3.44. The Kier molecular flexibility index (Phi) is 4.59. The second-order valence-corrected chi connectivity index (χ2v) is 6.39. The number of benzene rings is 1. The molecule has 1 unspecified atom stereocenters. The Hall–Kier alpha value is -1.63. The van der Waals surface area contributed by atoms with Crippen molar-refractivity contribution in [2.75, 3.05) is 0 Å². The molecule has 0 fully saturated rings. The van der Waals surface area contributed by atoms with Crippen LogP contribution in [0.2, 0.25) is 0 Å². The van der Waals surface area contributed by atoms with Crippen LogP contribution in [-0.4, -0.2) is 8.42 Å². The molecule has 1 heterocycles. The summed E-state index contributed by atoms with van der Waals surface area (Å²) in [6.45, 7) is 2.14. The van der Waals surface area contributed by atoms with E-state index >= 15 is 0 Å². The van der Waals surface area contributed by atoms with Crippen molar-refractivity contribution in [3.8, 4) is 0 Å². The highest BCUT2D eigenvalue weighted by Gasteiger charge is 2.18. The molecule has 2 rings (SSSR count). The van der Waals surface area contributed by atoms with Gasteiger partial charge in [0, 0.05) is 6.54 Å². The average Bonchev–Trinajstić information content (AvgIpc) is 2.91. The van der Waals surface area contributed by atoms with Crippen LogP contribution in [0.15, 0.2) is 47.1 Å². The van der Waals surface area contributed by atoms with Gasteiger partial charge in [-0.05, 0) is 30.2 Å². The first-order valence-electron chi connectivity index (χ1n) is 6.31. The van der Waals surface area contributed by atoms with Crippen LogP contribution in [0.5, 0.6) is 0 Å². The van der Waals surface area contributed by atoms with Crippen LogP contribution in [0.1, 0.15) is 29.9 Å². The fourth-order valence-corrected chi connectivity index (χ4v) is 3.33. The van der Waals surface area contributed by atoms with Crippen LogP contribution in [-0.2, 0) is 22.3 Å². The van der Waals surface area contributed by atoms with Crippen LogP contribution in [0.25, 0.3) is 0 Å². The van der Waals surface area contributed by atoms with Crippen molar-refractivity contribution in [1.29, 1.82) is 0 Å². The monoisotopic (exact) mass is 294 g/mol. The van der Waals surface area contributed by atoms with Gasteiger partial charge >= 0.3 is 0 Å². The summed E-state index contributed by atoms with van der Waals surface area (Å²) in [4.78, 5) is 0. The third kappa shape index (κ3) is 3.93. The second kappa shape index (κ2) is 6.21. The Labute approximate surface area is 118 Å². The molecule has 1 atom stereocenters. The molecule has 0 aliphatic rings. The van der Waals surface area contributed by atoms with E-state index < -0.39 is 16.1 Å². The van der Waals surface area contributed by atoms with E-state index in [-0.39, 0.29) is 5.75 Å². The van der Waals surface area contributed by atoms with Crippen LogP contribution in [0.4, 0.5) is 0 Å². The van der Waals surface area contributed by atoms with Crippen molar-refractivity contribution in [2.24, 2.45) is 5.73 Å². The van der Waals surface area contributed by atoms with Gasteiger partial charge in [-0.3, -0.25) is 0 Å². The van der Waals surface area contributed by atoms with Gasteiger partial charge in [-0.15, -0.1) is 0 Å². The largest absolute Gasteiger partial charge is 0.468 e. The van der Waals surface area contributed by atoms with E-state index in [4.69, 9.17) is 10.2 Å². The molecule has 5 nitrogen and oxygen atoms in total. The minimum Gasteiger partial charge on any atom is -0.468 e. The van der Waals surface area contributed by atoms with E-state index in [2.05, 4.69) is 4.72 Å². The molecular formula is C14H18N2O3S. The van der Waals surface area contributed by atoms with Crippen molar-refractivity contribution in [2.45, 2.75) is 25.3 Å². The standard InChI is InChI=1S/C14H18N2O3S/c1-11(14-6-3-7-19-14)16-20(17,18)10-13-5-2-4-12(8-13)9-15/h2-8,11,16H,9-10,15H2,1H3. The topological polar surface area (TPSA) is 85.3 Å². The molecule has 0 radical (unpaired) electrons. The van der Waals surface area contributed by atoms with Crippen molar-refractivity contribution in [3.05, 3.63) is 59.5 Å². The second-order valence-electron chi connectivity index (χ2n) is 4.64. The lowest BCUT2D eigenvalue weighted by Crippen LogP contribution is -2.27. The molecule has 0 saturated heterocycles. The Morgan fingerprint density at radius 2 is 2.00 bits per heavy atom. The minimum atomic E-state index is -3.44. The average molecular weight is 294 g/mol. The van der Waals surface area contributed by atoms with Crippen molar-refractivity contribution in [3.63, 3.8) is 0 Å². The summed E-state index contributed by atoms with van der Waals surface area (Å²) >= 11 is 0. The Morgan fingerprint density at radius 1 is 1.25 bits per heavy atom. The maximum atomic E-state index is 12.1. The highest BCUT2D eigenvalue weighted by atomic mass is 32.2. The highest BCUT2D eigenvalue weighted by molar-refractivity contribution is 7.88. The van der Waals surface area contributed by atoms with Gasteiger partial charge in [0.15, 0.2) is 0 Å². The lowest BCUT2D eigenvalue weighted by atomic mass is 10.1. The van der Waals surface area contributed by atoms with Gasteiger partial charge < -0.3 is 10.2 Å². The van der Waals surface area contributed by atoms with Crippen LogP contribution < -0.4 is 10.5 Å². The predicted molar refractivity (Wildman–Crippen MR) is 77.2 cm³/mol. The van der Waals surface area contributed by atoms with E-state index in [9.17, 15) is 8.42 Å². The summed E-state index contributed by atoms with van der Waals surface area (Å²) in [5.74, 6) is 0.510. The number of hydrogen-bond donors (Lipinski definition) is 2. The number of nitrogens with two attached hydrogens (primary N) is 1. The summed E-state index contributed by atoms with van der Waals surface area (Å²) in [6, 6.07) is 10.3. The van der Waals surface area contributed by atoms with Gasteiger partial charge in [0.05, 0.1) is 18.1 Å². The first-order chi connectivity index (χ1) is 9.50. The van der Waals surface area contributed by atoms with E-state index in [1.54, 1.807) is 31.2 Å². The normalized spacial score (nSPS) is 13.3. The molecule has 1 aromatic heterocycles. The highest BCUT2D eigenvalue weighted by Crippen LogP contribution is 2.15. The van der Waals surface area contributed by atoms with E-state index in [1.165, 1.54) is 6.26 Å². The van der Waals surface area contributed by atoms with E-state index in [0.717, 1.165) is 5.56 Å². The van der Waals surface area contributed by atoms with Gasteiger partial charge in [-0.1, -0.05) is 24.3 Å². The van der Waals surface area contributed by atoms with Gasteiger partial charge in [-0.25, -0.2) is 13.1 Å². The molecule has 20 heavy (non-hydrogen) atoms. The SMILES string of the molecule is CC(NS(=O)(=O)Cc1cccc(CN)c1)c1ccco1.